The van der Waals surface area contributed by atoms with Crippen LogP contribution in [0.1, 0.15) is 31.8 Å². The highest BCUT2D eigenvalue weighted by Crippen LogP contribution is 2.21. The van der Waals surface area contributed by atoms with Crippen LogP contribution in [0.5, 0.6) is 11.5 Å². The van der Waals surface area contributed by atoms with Crippen molar-refractivity contribution in [1.29, 1.82) is 0 Å². The van der Waals surface area contributed by atoms with Crippen LogP contribution in [-0.4, -0.2) is 22.2 Å². The molecule has 38 heavy (non-hydrogen) atoms. The summed E-state index contributed by atoms with van der Waals surface area (Å²) in [5.74, 6) is -4.91. The van der Waals surface area contributed by atoms with Crippen molar-refractivity contribution in [1.82, 2.24) is 0 Å². The summed E-state index contributed by atoms with van der Waals surface area (Å²) in [6.45, 7) is 0.00218. The number of rotatable bonds is 8. The van der Waals surface area contributed by atoms with Crippen LogP contribution in [-0.2, 0) is 13.2 Å². The Kier molecular flexibility index (Phi) is 9.42. The number of hydrogen-bond acceptors (Lipinski definition) is 4. The summed E-state index contributed by atoms with van der Waals surface area (Å²) in [6.07, 6.45) is 0. The third-order valence-corrected chi connectivity index (χ3v) is 4.92. The largest absolute Gasteiger partial charge is 0.486 e. The van der Waals surface area contributed by atoms with Gasteiger partial charge in [0.1, 0.15) is 24.8 Å². The first-order valence-corrected chi connectivity index (χ1v) is 10.9. The Morgan fingerprint density at radius 1 is 0.579 bits per heavy atom. The molecule has 0 fully saturated rings. The van der Waals surface area contributed by atoms with E-state index in [1.807, 2.05) is 0 Å². The molecule has 6 nitrogen and oxygen atoms in total. The van der Waals surface area contributed by atoms with Gasteiger partial charge in [-0.05, 0) is 71.8 Å². The zero-order chi connectivity index (χ0) is 27.7. The highest BCUT2D eigenvalue weighted by atomic mass is 19.1. The average Bonchev–Trinajstić information content (AvgIpc) is 2.87. The maximum absolute atomic E-state index is 13.5. The first kappa shape index (κ1) is 27.7. The van der Waals surface area contributed by atoms with Crippen molar-refractivity contribution in [2.45, 2.75) is 13.2 Å². The van der Waals surface area contributed by atoms with Crippen LogP contribution in [0.25, 0.3) is 0 Å². The smallest absolute Gasteiger partial charge is 0.335 e. The van der Waals surface area contributed by atoms with E-state index in [0.717, 1.165) is 12.1 Å². The zero-order valence-electron chi connectivity index (χ0n) is 19.5. The van der Waals surface area contributed by atoms with E-state index in [1.165, 1.54) is 60.7 Å². The van der Waals surface area contributed by atoms with Crippen LogP contribution in [0.2, 0.25) is 0 Å². The number of benzene rings is 4. The quantitative estimate of drug-likeness (QED) is 0.254. The highest BCUT2D eigenvalue weighted by Gasteiger charge is 2.10. The fourth-order valence-corrected chi connectivity index (χ4v) is 3.08. The normalized spacial score (nSPS) is 10.2. The number of hydrogen-bond donors (Lipinski definition) is 2. The number of halogens is 4. The van der Waals surface area contributed by atoms with Crippen LogP contribution < -0.4 is 9.47 Å². The van der Waals surface area contributed by atoms with Gasteiger partial charge in [0.05, 0.1) is 11.1 Å². The van der Waals surface area contributed by atoms with Crippen LogP contribution >= 0.6 is 0 Å². The van der Waals surface area contributed by atoms with Gasteiger partial charge in [0, 0.05) is 0 Å². The fourth-order valence-electron chi connectivity index (χ4n) is 3.08. The Morgan fingerprint density at radius 2 is 0.974 bits per heavy atom. The Bertz CT molecular complexity index is 1330. The number of carbonyl (C=O) groups is 2. The molecule has 196 valence electrons. The maximum atomic E-state index is 13.5. The average molecular weight is 528 g/mol. The van der Waals surface area contributed by atoms with Crippen molar-refractivity contribution < 1.29 is 46.8 Å². The molecule has 4 aromatic rings. The van der Waals surface area contributed by atoms with Crippen molar-refractivity contribution in [2.75, 3.05) is 0 Å². The number of aromatic carboxylic acids is 2. The van der Waals surface area contributed by atoms with Crippen LogP contribution in [0.4, 0.5) is 17.6 Å². The Hall–Kier alpha value is -4.86. The minimum atomic E-state index is -1.21. The van der Waals surface area contributed by atoms with Crippen LogP contribution in [0, 0.1) is 23.3 Å². The molecule has 0 spiro atoms. The predicted octanol–water partition coefficient (Wildman–Crippen LogP) is 6.48. The van der Waals surface area contributed by atoms with Crippen molar-refractivity contribution in [2.24, 2.45) is 0 Å². The van der Waals surface area contributed by atoms with Gasteiger partial charge in [-0.25, -0.2) is 27.2 Å². The summed E-state index contributed by atoms with van der Waals surface area (Å²) < 4.78 is 63.3. The van der Waals surface area contributed by atoms with E-state index in [4.69, 9.17) is 19.7 Å². The van der Waals surface area contributed by atoms with Gasteiger partial charge in [0.25, 0.3) is 0 Å². The molecule has 4 aromatic carbocycles. The molecule has 0 aliphatic carbocycles. The Labute approximate surface area is 214 Å². The molecule has 0 aliphatic heterocycles. The minimum absolute atomic E-state index is 0.00109. The number of carboxylic acid groups (broad SMARTS) is 2. The topological polar surface area (TPSA) is 93.1 Å². The van der Waals surface area contributed by atoms with Crippen LogP contribution in [0.15, 0.2) is 84.9 Å². The first-order valence-electron chi connectivity index (χ1n) is 10.9. The van der Waals surface area contributed by atoms with E-state index in [9.17, 15) is 27.2 Å². The highest BCUT2D eigenvalue weighted by molar-refractivity contribution is 5.88. The van der Waals surface area contributed by atoms with Gasteiger partial charge in [-0.3, -0.25) is 0 Å². The van der Waals surface area contributed by atoms with Crippen molar-refractivity contribution in [3.05, 3.63) is 130 Å². The molecular weight excluding hydrogens is 508 g/mol. The molecule has 0 saturated carbocycles. The summed E-state index contributed by atoms with van der Waals surface area (Å²) in [5.41, 5.74) is 0.801. The van der Waals surface area contributed by atoms with Crippen LogP contribution in [0.3, 0.4) is 0 Å². The molecule has 10 heteroatoms. The summed E-state index contributed by atoms with van der Waals surface area (Å²) >= 11 is 0. The SMILES string of the molecule is O=C(O)c1ccc(OCc2cccc(F)c2)c(F)c1.O=C(O)c1ccc(OCc2cccc(F)c2)c(F)c1. The lowest BCUT2D eigenvalue weighted by Crippen LogP contribution is -2.01. The fraction of sp³-hybridized carbons (Fsp3) is 0.0714. The van der Waals surface area contributed by atoms with Gasteiger partial charge in [0.15, 0.2) is 23.1 Å². The van der Waals surface area contributed by atoms with E-state index in [0.29, 0.717) is 11.1 Å². The molecule has 0 aliphatic rings. The Balaban J connectivity index is 0.000000211. The molecule has 0 radical (unpaired) electrons. The van der Waals surface area contributed by atoms with E-state index < -0.39 is 35.2 Å². The summed E-state index contributed by atoms with van der Waals surface area (Å²) in [4.78, 5) is 21.3. The number of carboxylic acids is 2. The van der Waals surface area contributed by atoms with Gasteiger partial charge in [-0.15, -0.1) is 0 Å². The monoisotopic (exact) mass is 528 g/mol. The molecule has 0 saturated heterocycles. The van der Waals surface area contributed by atoms with Crippen molar-refractivity contribution >= 4 is 11.9 Å². The summed E-state index contributed by atoms with van der Waals surface area (Å²) in [7, 11) is 0. The summed E-state index contributed by atoms with van der Waals surface area (Å²) in [6, 6.07) is 18.2. The van der Waals surface area contributed by atoms with Crippen molar-refractivity contribution in [3.63, 3.8) is 0 Å². The molecule has 2 N–H and O–H groups in total. The first-order chi connectivity index (χ1) is 18.1. The third kappa shape index (κ3) is 8.09. The molecule has 0 aromatic heterocycles. The number of ether oxygens (including phenoxy) is 2. The van der Waals surface area contributed by atoms with E-state index in [-0.39, 0.29) is 35.8 Å². The second-order valence-electron chi connectivity index (χ2n) is 7.74. The van der Waals surface area contributed by atoms with E-state index >= 15 is 0 Å². The second kappa shape index (κ2) is 12.9. The van der Waals surface area contributed by atoms with Gasteiger partial charge >= 0.3 is 11.9 Å². The maximum Gasteiger partial charge on any atom is 0.335 e. The molecule has 0 atom stereocenters. The lowest BCUT2D eigenvalue weighted by atomic mass is 10.2. The standard InChI is InChI=1S/2C14H10F2O3/c2*15-11-3-1-2-9(6-11)8-19-13-5-4-10(14(17)18)7-12(13)16/h2*1-7H,8H2,(H,17,18). The molecule has 0 unspecified atom stereocenters. The lowest BCUT2D eigenvalue weighted by molar-refractivity contribution is 0.0685. The molecule has 0 amide bonds. The molecule has 0 heterocycles. The lowest BCUT2D eigenvalue weighted by Gasteiger charge is -2.08. The second-order valence-corrected chi connectivity index (χ2v) is 7.74. The Morgan fingerprint density at radius 3 is 1.29 bits per heavy atom. The molecule has 4 rings (SSSR count). The predicted molar refractivity (Wildman–Crippen MR) is 128 cm³/mol. The molecular formula is C28H20F4O6. The van der Waals surface area contributed by atoms with Gasteiger partial charge in [0.2, 0.25) is 0 Å². The third-order valence-electron chi connectivity index (χ3n) is 4.92. The van der Waals surface area contributed by atoms with E-state index in [2.05, 4.69) is 0 Å². The molecule has 0 bridgehead atoms. The van der Waals surface area contributed by atoms with Gasteiger partial charge in [-0.1, -0.05) is 24.3 Å². The summed E-state index contributed by atoms with van der Waals surface area (Å²) in [5, 5.41) is 17.4. The van der Waals surface area contributed by atoms with Crippen molar-refractivity contribution in [3.8, 4) is 11.5 Å². The van der Waals surface area contributed by atoms with Gasteiger partial charge < -0.3 is 19.7 Å². The van der Waals surface area contributed by atoms with E-state index in [1.54, 1.807) is 12.1 Å². The minimum Gasteiger partial charge on any atom is -0.486 e. The van der Waals surface area contributed by atoms with Gasteiger partial charge in [-0.2, -0.15) is 0 Å². The zero-order valence-corrected chi connectivity index (χ0v) is 19.5.